The van der Waals surface area contributed by atoms with E-state index in [-0.39, 0.29) is 12.1 Å². The zero-order valence-corrected chi connectivity index (χ0v) is 10.8. The number of halogens is 3. The molecule has 0 heterocycles. The Morgan fingerprint density at radius 3 is 2.48 bits per heavy atom. The molecule has 0 atom stereocenters. The smallest absolute Gasteiger partial charge is 0.416 e. The van der Waals surface area contributed by atoms with Gasteiger partial charge in [0.25, 0.3) is 0 Å². The van der Waals surface area contributed by atoms with E-state index in [0.29, 0.717) is 11.3 Å². The van der Waals surface area contributed by atoms with E-state index in [0.717, 1.165) is 12.1 Å². The number of carboxylic acid groups (broad SMARTS) is 1. The van der Waals surface area contributed by atoms with Gasteiger partial charge in [0.1, 0.15) is 0 Å². The van der Waals surface area contributed by atoms with Crippen LogP contribution in [-0.2, 0) is 17.4 Å². The lowest BCUT2D eigenvalue weighted by molar-refractivity contribution is -0.138. The summed E-state index contributed by atoms with van der Waals surface area (Å²) in [4.78, 5) is 10.8. The average molecular weight is 295 g/mol. The third-order valence-electron chi connectivity index (χ3n) is 2.83. The van der Waals surface area contributed by atoms with E-state index in [1.165, 1.54) is 12.1 Å². The van der Waals surface area contributed by atoms with Crippen LogP contribution in [0.25, 0.3) is 0 Å². The summed E-state index contributed by atoms with van der Waals surface area (Å²) in [6.45, 7) is 0. The molecule has 2 N–H and O–H groups in total. The molecule has 0 aliphatic carbocycles. The van der Waals surface area contributed by atoms with Crippen molar-refractivity contribution in [2.75, 3.05) is 5.32 Å². The predicted octanol–water partition coefficient (Wildman–Crippen LogP) is 4.08. The Balaban J connectivity index is 2.28. The van der Waals surface area contributed by atoms with Crippen molar-refractivity contribution in [3.63, 3.8) is 0 Å². The maximum Gasteiger partial charge on any atom is 0.416 e. The first kappa shape index (κ1) is 14.9. The van der Waals surface area contributed by atoms with Gasteiger partial charge in [-0.2, -0.15) is 13.2 Å². The number of alkyl halides is 3. The molecule has 0 aliphatic heterocycles. The second kappa shape index (κ2) is 5.87. The Bertz CT molecular complexity index is 653. The highest BCUT2D eigenvalue weighted by atomic mass is 19.4. The molecule has 0 spiro atoms. The van der Waals surface area contributed by atoms with E-state index >= 15 is 0 Å². The van der Waals surface area contributed by atoms with Crippen LogP contribution < -0.4 is 5.32 Å². The summed E-state index contributed by atoms with van der Waals surface area (Å²) in [6, 6.07) is 11.4. The van der Waals surface area contributed by atoms with Crippen LogP contribution in [0.4, 0.5) is 24.5 Å². The maximum absolute atomic E-state index is 12.7. The number of anilines is 2. The number of rotatable bonds is 4. The molecule has 0 amide bonds. The van der Waals surface area contributed by atoms with Crippen molar-refractivity contribution in [3.8, 4) is 0 Å². The summed E-state index contributed by atoms with van der Waals surface area (Å²) < 4.78 is 38.0. The van der Waals surface area contributed by atoms with Crippen LogP contribution in [0.15, 0.2) is 48.5 Å². The van der Waals surface area contributed by atoms with Crippen LogP contribution in [0.2, 0.25) is 0 Å². The fourth-order valence-electron chi connectivity index (χ4n) is 1.89. The fraction of sp³-hybridized carbons (Fsp3) is 0.133. The van der Waals surface area contributed by atoms with Gasteiger partial charge in [-0.3, -0.25) is 4.79 Å². The number of nitrogens with one attached hydrogen (secondary N) is 1. The SMILES string of the molecule is O=C(O)Cc1ccccc1Nc1cccc(C(F)(F)F)c1. The molecule has 3 nitrogen and oxygen atoms in total. The van der Waals surface area contributed by atoms with Crippen molar-refractivity contribution < 1.29 is 23.1 Å². The standard InChI is InChI=1S/C15H12F3NO2/c16-15(17,18)11-5-3-6-12(9-11)19-13-7-2-1-4-10(13)8-14(20)21/h1-7,9,19H,8H2,(H,20,21). The summed E-state index contributed by atoms with van der Waals surface area (Å²) in [5.74, 6) is -1.01. The summed E-state index contributed by atoms with van der Waals surface area (Å²) in [6.07, 6.45) is -4.62. The van der Waals surface area contributed by atoms with Crippen molar-refractivity contribution in [2.45, 2.75) is 12.6 Å². The van der Waals surface area contributed by atoms with Gasteiger partial charge in [0.15, 0.2) is 0 Å². The summed E-state index contributed by atoms with van der Waals surface area (Å²) >= 11 is 0. The lowest BCUT2D eigenvalue weighted by Gasteiger charge is -2.13. The normalized spacial score (nSPS) is 11.2. The zero-order valence-electron chi connectivity index (χ0n) is 10.8. The van der Waals surface area contributed by atoms with Gasteiger partial charge in [0.2, 0.25) is 0 Å². The third-order valence-corrected chi connectivity index (χ3v) is 2.83. The molecule has 0 fully saturated rings. The maximum atomic E-state index is 12.7. The lowest BCUT2D eigenvalue weighted by Crippen LogP contribution is -2.06. The summed E-state index contributed by atoms with van der Waals surface area (Å²) in [7, 11) is 0. The molecule has 0 aromatic heterocycles. The second-order valence-electron chi connectivity index (χ2n) is 4.43. The molecule has 0 saturated heterocycles. The molecule has 0 saturated carbocycles. The minimum atomic E-state index is -4.42. The highest BCUT2D eigenvalue weighted by Gasteiger charge is 2.30. The molecule has 0 radical (unpaired) electrons. The predicted molar refractivity (Wildman–Crippen MR) is 72.5 cm³/mol. The molecule has 2 aromatic rings. The van der Waals surface area contributed by atoms with Crippen molar-refractivity contribution in [3.05, 3.63) is 59.7 Å². The summed E-state index contributed by atoms with van der Waals surface area (Å²) in [5, 5.41) is 11.7. The van der Waals surface area contributed by atoms with E-state index in [2.05, 4.69) is 5.32 Å². The van der Waals surface area contributed by atoms with E-state index in [4.69, 9.17) is 5.11 Å². The van der Waals surface area contributed by atoms with Gasteiger partial charge in [0, 0.05) is 11.4 Å². The van der Waals surface area contributed by atoms with Crippen molar-refractivity contribution >= 4 is 17.3 Å². The van der Waals surface area contributed by atoms with Crippen LogP contribution in [0.1, 0.15) is 11.1 Å². The van der Waals surface area contributed by atoms with Crippen molar-refractivity contribution in [2.24, 2.45) is 0 Å². The number of aliphatic carboxylic acids is 1. The Morgan fingerprint density at radius 2 is 1.81 bits per heavy atom. The minimum Gasteiger partial charge on any atom is -0.481 e. The van der Waals surface area contributed by atoms with Crippen molar-refractivity contribution in [1.29, 1.82) is 0 Å². The second-order valence-corrected chi connectivity index (χ2v) is 4.43. The molecule has 0 unspecified atom stereocenters. The van der Waals surface area contributed by atoms with Gasteiger partial charge in [0.05, 0.1) is 12.0 Å². The molecule has 6 heteroatoms. The first-order valence-electron chi connectivity index (χ1n) is 6.10. The Labute approximate surface area is 119 Å². The largest absolute Gasteiger partial charge is 0.481 e. The number of carbonyl (C=O) groups is 1. The minimum absolute atomic E-state index is 0.206. The summed E-state index contributed by atoms with van der Waals surface area (Å²) in [5.41, 5.74) is 0.465. The van der Waals surface area contributed by atoms with Gasteiger partial charge >= 0.3 is 12.1 Å². The van der Waals surface area contributed by atoms with E-state index in [9.17, 15) is 18.0 Å². The number of carboxylic acids is 1. The van der Waals surface area contributed by atoms with Crippen LogP contribution in [0.3, 0.4) is 0 Å². The number of benzene rings is 2. The molecule has 21 heavy (non-hydrogen) atoms. The number of hydrogen-bond donors (Lipinski definition) is 2. The Hall–Kier alpha value is -2.50. The van der Waals surface area contributed by atoms with E-state index < -0.39 is 17.7 Å². The average Bonchev–Trinajstić information content (AvgIpc) is 2.40. The molecule has 0 aliphatic rings. The van der Waals surface area contributed by atoms with Crippen LogP contribution in [0.5, 0.6) is 0 Å². The zero-order chi connectivity index (χ0) is 15.5. The van der Waals surface area contributed by atoms with Crippen LogP contribution in [-0.4, -0.2) is 11.1 Å². The molecular weight excluding hydrogens is 283 g/mol. The number of hydrogen-bond acceptors (Lipinski definition) is 2. The highest BCUT2D eigenvalue weighted by Crippen LogP contribution is 2.31. The molecule has 0 bridgehead atoms. The van der Waals surface area contributed by atoms with Gasteiger partial charge in [-0.25, -0.2) is 0 Å². The Kier molecular flexibility index (Phi) is 4.16. The van der Waals surface area contributed by atoms with Crippen molar-refractivity contribution in [1.82, 2.24) is 0 Å². The van der Waals surface area contributed by atoms with Crippen LogP contribution >= 0.6 is 0 Å². The van der Waals surface area contributed by atoms with E-state index in [1.807, 2.05) is 0 Å². The fourth-order valence-corrected chi connectivity index (χ4v) is 1.89. The van der Waals surface area contributed by atoms with Gasteiger partial charge in [-0.05, 0) is 29.8 Å². The quantitative estimate of drug-likeness (QED) is 0.893. The topological polar surface area (TPSA) is 49.3 Å². The molecule has 110 valence electrons. The van der Waals surface area contributed by atoms with Crippen LogP contribution in [0, 0.1) is 0 Å². The monoisotopic (exact) mass is 295 g/mol. The lowest BCUT2D eigenvalue weighted by atomic mass is 10.1. The van der Waals surface area contributed by atoms with Gasteiger partial charge in [-0.1, -0.05) is 24.3 Å². The van der Waals surface area contributed by atoms with Gasteiger partial charge < -0.3 is 10.4 Å². The molecule has 2 aromatic carbocycles. The number of para-hydroxylation sites is 1. The highest BCUT2D eigenvalue weighted by molar-refractivity contribution is 5.75. The molecular formula is C15H12F3NO2. The third kappa shape index (κ3) is 3.98. The first-order chi connectivity index (χ1) is 9.86. The first-order valence-corrected chi connectivity index (χ1v) is 6.10. The molecule has 2 rings (SSSR count). The Morgan fingerprint density at radius 1 is 1.10 bits per heavy atom. The van der Waals surface area contributed by atoms with Gasteiger partial charge in [-0.15, -0.1) is 0 Å². The van der Waals surface area contributed by atoms with E-state index in [1.54, 1.807) is 24.3 Å².